The molecule has 0 fully saturated rings. The molecule has 2 N–H and O–H groups in total. The van der Waals surface area contributed by atoms with Crippen molar-refractivity contribution in [3.05, 3.63) is 70.0 Å². The summed E-state index contributed by atoms with van der Waals surface area (Å²) in [5.41, 5.74) is 12.3. The van der Waals surface area contributed by atoms with Gasteiger partial charge in [0.1, 0.15) is 5.82 Å². The van der Waals surface area contributed by atoms with Gasteiger partial charge in [-0.25, -0.2) is 4.39 Å². The topological polar surface area (TPSA) is 26.0 Å². The molecular formula is C19H24FN. The highest BCUT2D eigenvalue weighted by molar-refractivity contribution is 5.38. The molecule has 2 rings (SSSR count). The second-order valence-electron chi connectivity index (χ2n) is 6.02. The SMILES string of the molecule is Cc1cc(C)c(CC(CN)Cc2cccc(F)c2)c(C)c1. The van der Waals surface area contributed by atoms with Crippen LogP contribution >= 0.6 is 0 Å². The molecule has 0 heterocycles. The van der Waals surface area contributed by atoms with Crippen LogP contribution in [0.2, 0.25) is 0 Å². The van der Waals surface area contributed by atoms with Crippen LogP contribution < -0.4 is 5.73 Å². The number of halogens is 1. The maximum atomic E-state index is 13.3. The Morgan fingerprint density at radius 1 is 1.00 bits per heavy atom. The summed E-state index contributed by atoms with van der Waals surface area (Å²) >= 11 is 0. The monoisotopic (exact) mass is 285 g/mol. The summed E-state index contributed by atoms with van der Waals surface area (Å²) in [6, 6.07) is 11.3. The van der Waals surface area contributed by atoms with Crippen molar-refractivity contribution in [1.29, 1.82) is 0 Å². The first-order valence-corrected chi connectivity index (χ1v) is 7.51. The minimum atomic E-state index is -0.175. The molecule has 0 bridgehead atoms. The lowest BCUT2D eigenvalue weighted by molar-refractivity contribution is 0.528. The number of rotatable bonds is 5. The molecule has 0 radical (unpaired) electrons. The van der Waals surface area contributed by atoms with Crippen molar-refractivity contribution >= 4 is 0 Å². The fourth-order valence-corrected chi connectivity index (χ4v) is 3.06. The fraction of sp³-hybridized carbons (Fsp3) is 0.368. The largest absolute Gasteiger partial charge is 0.330 e. The minimum absolute atomic E-state index is 0.175. The molecule has 21 heavy (non-hydrogen) atoms. The predicted molar refractivity (Wildman–Crippen MR) is 87.0 cm³/mol. The predicted octanol–water partition coefficient (Wildman–Crippen LogP) is 4.11. The molecule has 2 aromatic rings. The van der Waals surface area contributed by atoms with Crippen molar-refractivity contribution in [3.63, 3.8) is 0 Å². The van der Waals surface area contributed by atoms with Gasteiger partial charge in [0.2, 0.25) is 0 Å². The Kier molecular flexibility index (Phi) is 5.13. The van der Waals surface area contributed by atoms with Crippen LogP contribution in [-0.2, 0) is 12.8 Å². The summed E-state index contributed by atoms with van der Waals surface area (Å²) in [7, 11) is 0. The summed E-state index contributed by atoms with van der Waals surface area (Å²) in [5.74, 6) is 0.165. The second kappa shape index (κ2) is 6.86. The van der Waals surface area contributed by atoms with E-state index in [1.165, 1.54) is 28.3 Å². The maximum absolute atomic E-state index is 13.3. The molecule has 1 unspecified atom stereocenters. The van der Waals surface area contributed by atoms with Crippen LogP contribution in [0.25, 0.3) is 0 Å². The summed E-state index contributed by atoms with van der Waals surface area (Å²) in [4.78, 5) is 0. The average molecular weight is 285 g/mol. The Labute approximate surface area is 127 Å². The van der Waals surface area contributed by atoms with Gasteiger partial charge in [-0.2, -0.15) is 0 Å². The lowest BCUT2D eigenvalue weighted by atomic mass is 9.88. The standard InChI is InChI=1S/C19H24FN/c1-13-7-14(2)19(15(3)8-13)11-17(12-21)9-16-5-4-6-18(20)10-16/h4-8,10,17H,9,11-12,21H2,1-3H3. The highest BCUT2D eigenvalue weighted by Crippen LogP contribution is 2.22. The van der Waals surface area contributed by atoms with Crippen LogP contribution in [0.1, 0.15) is 27.8 Å². The number of benzene rings is 2. The molecule has 1 nitrogen and oxygen atoms in total. The zero-order valence-electron chi connectivity index (χ0n) is 13.1. The fourth-order valence-electron chi connectivity index (χ4n) is 3.06. The third kappa shape index (κ3) is 4.15. The first-order valence-electron chi connectivity index (χ1n) is 7.51. The van der Waals surface area contributed by atoms with E-state index in [4.69, 9.17) is 5.73 Å². The van der Waals surface area contributed by atoms with Gasteiger partial charge in [0.15, 0.2) is 0 Å². The quantitative estimate of drug-likeness (QED) is 0.879. The smallest absolute Gasteiger partial charge is 0.123 e. The van der Waals surface area contributed by atoms with E-state index >= 15 is 0 Å². The van der Waals surface area contributed by atoms with Crippen molar-refractivity contribution in [3.8, 4) is 0 Å². The van der Waals surface area contributed by atoms with E-state index in [1.54, 1.807) is 12.1 Å². The molecule has 0 spiro atoms. The van der Waals surface area contributed by atoms with E-state index in [0.29, 0.717) is 12.5 Å². The van der Waals surface area contributed by atoms with Gasteiger partial charge in [0.25, 0.3) is 0 Å². The lowest BCUT2D eigenvalue weighted by Gasteiger charge is -2.19. The van der Waals surface area contributed by atoms with Crippen molar-refractivity contribution in [1.82, 2.24) is 0 Å². The molecule has 2 aromatic carbocycles. The van der Waals surface area contributed by atoms with Gasteiger partial charge in [-0.05, 0) is 80.5 Å². The molecule has 0 saturated carbocycles. The van der Waals surface area contributed by atoms with Crippen LogP contribution in [0.5, 0.6) is 0 Å². The number of nitrogens with two attached hydrogens (primary N) is 1. The maximum Gasteiger partial charge on any atom is 0.123 e. The Morgan fingerprint density at radius 2 is 1.67 bits per heavy atom. The van der Waals surface area contributed by atoms with Crippen LogP contribution in [-0.4, -0.2) is 6.54 Å². The minimum Gasteiger partial charge on any atom is -0.330 e. The molecule has 0 amide bonds. The van der Waals surface area contributed by atoms with E-state index in [0.717, 1.165) is 18.4 Å². The second-order valence-corrected chi connectivity index (χ2v) is 6.02. The number of hydrogen-bond acceptors (Lipinski definition) is 1. The molecule has 0 aliphatic rings. The number of hydrogen-bond donors (Lipinski definition) is 1. The van der Waals surface area contributed by atoms with Gasteiger partial charge in [-0.15, -0.1) is 0 Å². The lowest BCUT2D eigenvalue weighted by Crippen LogP contribution is -2.20. The summed E-state index contributed by atoms with van der Waals surface area (Å²) in [5, 5.41) is 0. The first kappa shape index (κ1) is 15.7. The highest BCUT2D eigenvalue weighted by atomic mass is 19.1. The molecular weight excluding hydrogens is 261 g/mol. The van der Waals surface area contributed by atoms with Gasteiger partial charge in [-0.3, -0.25) is 0 Å². The van der Waals surface area contributed by atoms with Crippen molar-refractivity contribution in [2.75, 3.05) is 6.54 Å². The first-order chi connectivity index (χ1) is 9.99. The molecule has 0 aliphatic heterocycles. The van der Waals surface area contributed by atoms with Gasteiger partial charge < -0.3 is 5.73 Å². The van der Waals surface area contributed by atoms with Crippen molar-refractivity contribution in [2.45, 2.75) is 33.6 Å². The van der Waals surface area contributed by atoms with E-state index in [-0.39, 0.29) is 5.82 Å². The Bertz CT molecular complexity index is 596. The molecule has 2 heteroatoms. The van der Waals surface area contributed by atoms with Crippen LogP contribution in [0.4, 0.5) is 4.39 Å². The number of aryl methyl sites for hydroxylation is 3. The van der Waals surface area contributed by atoms with Gasteiger partial charge in [0.05, 0.1) is 0 Å². The molecule has 0 saturated heterocycles. The molecule has 0 aliphatic carbocycles. The van der Waals surface area contributed by atoms with Gasteiger partial charge in [-0.1, -0.05) is 29.8 Å². The summed E-state index contributed by atoms with van der Waals surface area (Å²) in [6.45, 7) is 7.05. The Morgan fingerprint density at radius 3 is 2.24 bits per heavy atom. The summed E-state index contributed by atoms with van der Waals surface area (Å²) < 4.78 is 13.3. The van der Waals surface area contributed by atoms with E-state index in [9.17, 15) is 4.39 Å². The molecule has 0 aromatic heterocycles. The van der Waals surface area contributed by atoms with Gasteiger partial charge >= 0.3 is 0 Å². The van der Waals surface area contributed by atoms with Gasteiger partial charge in [0, 0.05) is 0 Å². The average Bonchev–Trinajstić information content (AvgIpc) is 2.41. The third-order valence-electron chi connectivity index (χ3n) is 4.08. The van der Waals surface area contributed by atoms with E-state index in [1.807, 2.05) is 6.07 Å². The highest BCUT2D eigenvalue weighted by Gasteiger charge is 2.13. The van der Waals surface area contributed by atoms with Crippen LogP contribution in [0.15, 0.2) is 36.4 Å². The van der Waals surface area contributed by atoms with Crippen molar-refractivity contribution < 1.29 is 4.39 Å². The molecule has 1 atom stereocenters. The molecule has 112 valence electrons. The van der Waals surface area contributed by atoms with Crippen LogP contribution in [0.3, 0.4) is 0 Å². The summed E-state index contributed by atoms with van der Waals surface area (Å²) in [6.07, 6.45) is 1.77. The van der Waals surface area contributed by atoms with Crippen LogP contribution in [0, 0.1) is 32.5 Å². The van der Waals surface area contributed by atoms with E-state index in [2.05, 4.69) is 32.9 Å². The Balaban J connectivity index is 2.16. The Hall–Kier alpha value is -1.67. The third-order valence-corrected chi connectivity index (χ3v) is 4.08. The van der Waals surface area contributed by atoms with E-state index < -0.39 is 0 Å². The zero-order chi connectivity index (χ0) is 15.4. The van der Waals surface area contributed by atoms with Crippen molar-refractivity contribution in [2.24, 2.45) is 11.7 Å². The zero-order valence-corrected chi connectivity index (χ0v) is 13.1. The normalized spacial score (nSPS) is 12.4.